The van der Waals surface area contributed by atoms with Crippen LogP contribution in [0.5, 0.6) is 0 Å². The zero-order valence-corrected chi connectivity index (χ0v) is 15.4. The molecule has 0 spiro atoms. The summed E-state index contributed by atoms with van der Waals surface area (Å²) in [7, 11) is 0. The number of hydrogen-bond donors (Lipinski definition) is 1. The molecular weight excluding hydrogens is 348 g/mol. The van der Waals surface area contributed by atoms with Crippen LogP contribution in [0.4, 0.5) is 0 Å². The number of amides is 1. The first-order valence-corrected chi connectivity index (χ1v) is 9.61. The molecule has 1 N–H and O–H groups in total. The Morgan fingerprint density at radius 3 is 2.81 bits per heavy atom. The van der Waals surface area contributed by atoms with Crippen LogP contribution in [-0.4, -0.2) is 33.0 Å². The summed E-state index contributed by atoms with van der Waals surface area (Å²) in [4.78, 5) is 24.9. The maximum absolute atomic E-state index is 12.5. The van der Waals surface area contributed by atoms with Crippen molar-refractivity contribution < 1.29 is 9.59 Å². The number of Topliss-reactive ketones (excluding diaryl/α,β-unsaturated/α-hetero) is 1. The molecule has 4 rings (SSSR count). The van der Waals surface area contributed by atoms with Crippen LogP contribution in [0.2, 0.25) is 0 Å². The van der Waals surface area contributed by atoms with Crippen molar-refractivity contribution in [1.82, 2.24) is 20.1 Å². The molecule has 1 amide bonds. The summed E-state index contributed by atoms with van der Waals surface area (Å²) < 4.78 is 1.87. The van der Waals surface area contributed by atoms with Crippen molar-refractivity contribution in [3.63, 3.8) is 0 Å². The van der Waals surface area contributed by atoms with E-state index in [-0.39, 0.29) is 24.2 Å². The summed E-state index contributed by atoms with van der Waals surface area (Å²) in [5.74, 6) is 0.294. The fourth-order valence-electron chi connectivity index (χ4n) is 3.10. The van der Waals surface area contributed by atoms with E-state index in [1.165, 1.54) is 0 Å². The second kappa shape index (κ2) is 6.99. The highest BCUT2D eigenvalue weighted by molar-refractivity contribution is 7.11. The lowest BCUT2D eigenvalue weighted by atomic mass is 10.1. The largest absolute Gasteiger partial charge is 0.354 e. The maximum atomic E-state index is 12.5. The standard InChI is InChI=1S/C19H20N4O2S/c1-12-21-22-18(26-12)8-9-20-17(24)11-23-10-15(19(25)13-6-7-13)14-4-2-3-5-16(14)23/h2-5,10,13H,6-9,11H2,1H3,(H,20,24). The zero-order chi connectivity index (χ0) is 18.1. The van der Waals surface area contributed by atoms with Gasteiger partial charge in [0.1, 0.15) is 16.6 Å². The van der Waals surface area contributed by atoms with Gasteiger partial charge in [0.05, 0.1) is 0 Å². The number of aryl methyl sites for hydroxylation is 1. The first-order valence-electron chi connectivity index (χ1n) is 8.79. The van der Waals surface area contributed by atoms with E-state index in [2.05, 4.69) is 15.5 Å². The minimum absolute atomic E-state index is 0.0718. The van der Waals surface area contributed by atoms with Crippen molar-refractivity contribution in [1.29, 1.82) is 0 Å². The van der Waals surface area contributed by atoms with Crippen molar-refractivity contribution in [2.75, 3.05) is 6.54 Å². The van der Waals surface area contributed by atoms with Gasteiger partial charge in [-0.1, -0.05) is 18.2 Å². The third kappa shape index (κ3) is 3.53. The van der Waals surface area contributed by atoms with Crippen LogP contribution in [0.1, 0.15) is 33.2 Å². The van der Waals surface area contributed by atoms with E-state index in [4.69, 9.17) is 0 Å². The lowest BCUT2D eigenvalue weighted by Gasteiger charge is -2.06. The molecule has 26 heavy (non-hydrogen) atoms. The number of para-hydroxylation sites is 1. The normalized spacial score (nSPS) is 13.9. The number of rotatable bonds is 7. The quantitative estimate of drug-likeness (QED) is 0.651. The second-order valence-corrected chi connectivity index (χ2v) is 7.91. The molecule has 7 heteroatoms. The molecule has 0 aliphatic heterocycles. The van der Waals surface area contributed by atoms with Gasteiger partial charge in [0.15, 0.2) is 5.78 Å². The Morgan fingerprint density at radius 1 is 1.27 bits per heavy atom. The smallest absolute Gasteiger partial charge is 0.239 e. The van der Waals surface area contributed by atoms with Crippen LogP contribution in [0, 0.1) is 12.8 Å². The van der Waals surface area contributed by atoms with Crippen LogP contribution < -0.4 is 5.32 Å². The number of ketones is 1. The molecule has 3 aromatic rings. The molecular formula is C19H20N4O2S. The topological polar surface area (TPSA) is 76.9 Å². The van der Waals surface area contributed by atoms with Gasteiger partial charge in [-0.2, -0.15) is 0 Å². The molecule has 0 bridgehead atoms. The van der Waals surface area contributed by atoms with Gasteiger partial charge < -0.3 is 9.88 Å². The van der Waals surface area contributed by atoms with Crippen LogP contribution >= 0.6 is 11.3 Å². The van der Waals surface area contributed by atoms with Crippen molar-refractivity contribution in [2.45, 2.75) is 32.7 Å². The van der Waals surface area contributed by atoms with Crippen LogP contribution in [0.25, 0.3) is 10.9 Å². The van der Waals surface area contributed by atoms with E-state index in [1.807, 2.05) is 42.0 Å². The summed E-state index contributed by atoms with van der Waals surface area (Å²) in [5, 5.41) is 13.7. The number of carbonyl (C=O) groups is 2. The van der Waals surface area contributed by atoms with E-state index in [9.17, 15) is 9.59 Å². The molecule has 1 fully saturated rings. The molecule has 1 saturated carbocycles. The van der Waals surface area contributed by atoms with Crippen LogP contribution in [0.15, 0.2) is 30.5 Å². The Balaban J connectivity index is 1.44. The van der Waals surface area contributed by atoms with Gasteiger partial charge in [-0.25, -0.2) is 0 Å². The molecule has 2 aromatic heterocycles. The average Bonchev–Trinajstić information content (AvgIpc) is 3.31. The van der Waals surface area contributed by atoms with Gasteiger partial charge in [0.2, 0.25) is 5.91 Å². The highest BCUT2D eigenvalue weighted by Gasteiger charge is 2.32. The third-order valence-corrected chi connectivity index (χ3v) is 5.44. The monoisotopic (exact) mass is 368 g/mol. The van der Waals surface area contributed by atoms with E-state index in [1.54, 1.807) is 11.3 Å². The summed E-state index contributed by atoms with van der Waals surface area (Å²) in [6.07, 6.45) is 4.46. The summed E-state index contributed by atoms with van der Waals surface area (Å²) in [6.45, 7) is 2.64. The minimum Gasteiger partial charge on any atom is -0.354 e. The third-order valence-electron chi connectivity index (χ3n) is 4.55. The van der Waals surface area contributed by atoms with Crippen LogP contribution in [0.3, 0.4) is 0 Å². The second-order valence-electron chi connectivity index (χ2n) is 6.64. The predicted octanol–water partition coefficient (Wildman–Crippen LogP) is 2.75. The Hall–Kier alpha value is -2.54. The van der Waals surface area contributed by atoms with Crippen molar-refractivity contribution >= 4 is 33.9 Å². The van der Waals surface area contributed by atoms with Gasteiger partial charge in [0, 0.05) is 41.5 Å². The predicted molar refractivity (Wildman–Crippen MR) is 100 cm³/mol. The van der Waals surface area contributed by atoms with E-state index >= 15 is 0 Å². The maximum Gasteiger partial charge on any atom is 0.239 e. The Labute approximate surface area is 155 Å². The van der Waals surface area contributed by atoms with Crippen molar-refractivity contribution in [3.8, 4) is 0 Å². The molecule has 6 nitrogen and oxygen atoms in total. The molecule has 1 aromatic carbocycles. The molecule has 0 radical (unpaired) electrons. The lowest BCUT2D eigenvalue weighted by Crippen LogP contribution is -2.29. The van der Waals surface area contributed by atoms with Gasteiger partial charge in [-0.15, -0.1) is 21.5 Å². The Kier molecular flexibility index (Phi) is 4.55. The number of carbonyl (C=O) groups excluding carboxylic acids is 2. The Bertz CT molecular complexity index is 971. The number of benzene rings is 1. The van der Waals surface area contributed by atoms with Gasteiger partial charge in [-0.05, 0) is 25.8 Å². The molecule has 134 valence electrons. The SMILES string of the molecule is Cc1nnc(CCNC(=O)Cn2cc(C(=O)C3CC3)c3ccccc32)s1. The molecule has 2 heterocycles. The van der Waals surface area contributed by atoms with Crippen molar-refractivity contribution in [2.24, 2.45) is 5.92 Å². The fourth-order valence-corrected chi connectivity index (χ4v) is 3.81. The molecule has 1 aliphatic rings. The zero-order valence-electron chi connectivity index (χ0n) is 14.6. The van der Waals surface area contributed by atoms with Gasteiger partial charge in [0.25, 0.3) is 0 Å². The summed E-state index contributed by atoms with van der Waals surface area (Å²) in [6, 6.07) is 7.77. The fraction of sp³-hybridized carbons (Fsp3) is 0.368. The number of fused-ring (bicyclic) bond motifs is 1. The van der Waals surface area contributed by atoms with E-state index in [0.717, 1.165) is 39.3 Å². The molecule has 0 saturated heterocycles. The number of hydrogen-bond acceptors (Lipinski definition) is 5. The first-order chi connectivity index (χ1) is 12.6. The summed E-state index contributed by atoms with van der Waals surface area (Å²) in [5.41, 5.74) is 1.66. The van der Waals surface area contributed by atoms with Gasteiger partial charge >= 0.3 is 0 Å². The number of aromatic nitrogens is 3. The van der Waals surface area contributed by atoms with E-state index in [0.29, 0.717) is 13.0 Å². The van der Waals surface area contributed by atoms with Crippen molar-refractivity contribution in [3.05, 3.63) is 46.0 Å². The number of nitrogens with zero attached hydrogens (tertiary/aromatic N) is 3. The van der Waals surface area contributed by atoms with Crippen LogP contribution in [-0.2, 0) is 17.8 Å². The summed E-state index contributed by atoms with van der Waals surface area (Å²) >= 11 is 1.54. The highest BCUT2D eigenvalue weighted by atomic mass is 32.1. The molecule has 1 aliphatic carbocycles. The molecule has 0 atom stereocenters. The first kappa shape index (κ1) is 16.9. The van der Waals surface area contributed by atoms with Gasteiger partial charge in [-0.3, -0.25) is 9.59 Å². The highest BCUT2D eigenvalue weighted by Crippen LogP contribution is 2.35. The molecule has 0 unspecified atom stereocenters. The number of nitrogens with one attached hydrogen (secondary N) is 1. The van der Waals surface area contributed by atoms with E-state index < -0.39 is 0 Å². The average molecular weight is 368 g/mol. The minimum atomic E-state index is -0.0718. The Morgan fingerprint density at radius 2 is 2.08 bits per heavy atom. The lowest BCUT2D eigenvalue weighted by molar-refractivity contribution is -0.121.